The van der Waals surface area contributed by atoms with Crippen LogP contribution in [-0.4, -0.2) is 19.1 Å². The molecule has 0 aliphatic heterocycles. The monoisotopic (exact) mass is 834 g/mol. The Morgan fingerprint density at radius 2 is 1.02 bits per heavy atom. The van der Waals surface area contributed by atoms with Gasteiger partial charge < -0.3 is 8.98 Å². The van der Waals surface area contributed by atoms with Gasteiger partial charge in [0.2, 0.25) is 0 Å². The summed E-state index contributed by atoms with van der Waals surface area (Å²) >= 11 is 1.86. The van der Waals surface area contributed by atoms with Gasteiger partial charge in [0.1, 0.15) is 17.4 Å². The number of thiophene rings is 1. The number of nitrogens with zero attached hydrogens (tertiary/aromatic N) is 4. The first-order valence-electron chi connectivity index (χ1n) is 21.5. The molecule has 5 heterocycles. The third kappa shape index (κ3) is 5.17. The Kier molecular flexibility index (Phi) is 7.49. The zero-order valence-corrected chi connectivity index (χ0v) is 35.1. The highest BCUT2D eigenvalue weighted by Crippen LogP contribution is 2.43. The van der Waals surface area contributed by atoms with Gasteiger partial charge in [-0.25, -0.2) is 9.97 Å². The molecule has 298 valence electrons. The second kappa shape index (κ2) is 13.6. The van der Waals surface area contributed by atoms with E-state index in [9.17, 15) is 0 Å². The largest absolute Gasteiger partial charge is 0.450 e. The molecule has 0 aliphatic rings. The minimum Gasteiger partial charge on any atom is -0.450 e. The standard InChI is InChI=1S/C58H34N4OS/c1-2-14-40(15-3-1)61-49-21-7-5-17-43(49)47-31-36(25-28-51(47)61)38-24-27-44-42-16-4-8-22-50(42)62(52(44)33-38)58-56-55(59-34-60-58)48-32-37(26-29-53(48)63-56)35-12-10-13-39(30-35)41-19-11-20-46-45-18-6-9-23-54(45)64-57(41)46/h1-34H. The fourth-order valence-corrected chi connectivity index (χ4v) is 11.4. The average Bonchev–Trinajstić information content (AvgIpc) is 4.11. The number of benzene rings is 9. The summed E-state index contributed by atoms with van der Waals surface area (Å²) in [5, 5.41) is 8.32. The van der Waals surface area contributed by atoms with E-state index in [1.54, 1.807) is 6.33 Å². The summed E-state index contributed by atoms with van der Waals surface area (Å²) in [6.07, 6.45) is 1.67. The van der Waals surface area contributed by atoms with Crippen LogP contribution in [0.2, 0.25) is 0 Å². The van der Waals surface area contributed by atoms with Crippen molar-refractivity contribution in [2.45, 2.75) is 0 Å². The fourth-order valence-electron chi connectivity index (χ4n) is 10.1. The van der Waals surface area contributed by atoms with Crippen LogP contribution in [0.5, 0.6) is 0 Å². The Labute approximate surface area is 370 Å². The van der Waals surface area contributed by atoms with Crippen LogP contribution in [0.15, 0.2) is 211 Å². The van der Waals surface area contributed by atoms with Crippen molar-refractivity contribution in [2.75, 3.05) is 0 Å². The van der Waals surface area contributed by atoms with Crippen LogP contribution in [-0.2, 0) is 0 Å². The van der Waals surface area contributed by atoms with Gasteiger partial charge in [0.25, 0.3) is 0 Å². The highest BCUT2D eigenvalue weighted by molar-refractivity contribution is 7.26. The Morgan fingerprint density at radius 1 is 0.391 bits per heavy atom. The zero-order chi connectivity index (χ0) is 41.9. The lowest BCUT2D eigenvalue weighted by Gasteiger charge is -2.09. The Morgan fingerprint density at radius 3 is 1.89 bits per heavy atom. The molecule has 0 spiro atoms. The van der Waals surface area contributed by atoms with Gasteiger partial charge >= 0.3 is 0 Å². The van der Waals surface area contributed by atoms with E-state index in [0.717, 1.165) is 66.2 Å². The van der Waals surface area contributed by atoms with Crippen LogP contribution in [0.25, 0.3) is 131 Å². The van der Waals surface area contributed by atoms with E-state index in [4.69, 9.17) is 14.4 Å². The molecule has 6 heteroatoms. The van der Waals surface area contributed by atoms with Crippen LogP contribution in [0.3, 0.4) is 0 Å². The van der Waals surface area contributed by atoms with Gasteiger partial charge in [0, 0.05) is 52.8 Å². The van der Waals surface area contributed by atoms with Gasteiger partial charge in [-0.3, -0.25) is 4.57 Å². The van der Waals surface area contributed by atoms with E-state index in [1.165, 1.54) is 53.1 Å². The maximum absolute atomic E-state index is 6.76. The first kappa shape index (κ1) is 35.3. The number of aromatic nitrogens is 4. The second-order valence-electron chi connectivity index (χ2n) is 16.6. The smallest absolute Gasteiger partial charge is 0.197 e. The number of furan rings is 1. The van der Waals surface area contributed by atoms with Crippen molar-refractivity contribution >= 4 is 97.2 Å². The van der Waals surface area contributed by atoms with E-state index < -0.39 is 0 Å². The normalized spacial score (nSPS) is 12.1. The summed E-state index contributed by atoms with van der Waals surface area (Å²) in [4.78, 5) is 9.86. The van der Waals surface area contributed by atoms with Crippen molar-refractivity contribution in [3.8, 4) is 44.9 Å². The molecule has 0 saturated heterocycles. The molecule has 0 bridgehead atoms. The number of rotatable bonds is 5. The van der Waals surface area contributed by atoms with Gasteiger partial charge in [-0.05, 0) is 100 Å². The lowest BCUT2D eigenvalue weighted by atomic mass is 9.97. The topological polar surface area (TPSA) is 48.8 Å². The molecular weight excluding hydrogens is 801 g/mol. The Balaban J connectivity index is 0.906. The van der Waals surface area contributed by atoms with E-state index in [1.807, 2.05) is 11.3 Å². The van der Waals surface area contributed by atoms with E-state index >= 15 is 0 Å². The molecule has 0 fully saturated rings. The molecule has 64 heavy (non-hydrogen) atoms. The lowest BCUT2D eigenvalue weighted by Crippen LogP contribution is -1.98. The number of para-hydroxylation sites is 3. The summed E-state index contributed by atoms with van der Waals surface area (Å²) in [7, 11) is 0. The second-order valence-corrected chi connectivity index (χ2v) is 17.6. The molecule has 0 atom stereocenters. The average molecular weight is 835 g/mol. The summed E-state index contributed by atoms with van der Waals surface area (Å²) in [5.74, 6) is 0.714. The van der Waals surface area contributed by atoms with E-state index in [0.29, 0.717) is 11.4 Å². The molecule has 9 aromatic carbocycles. The van der Waals surface area contributed by atoms with Gasteiger partial charge in [0.15, 0.2) is 11.4 Å². The molecule has 0 aliphatic carbocycles. The lowest BCUT2D eigenvalue weighted by molar-refractivity contribution is 0.662. The quantitative estimate of drug-likeness (QED) is 0.174. The molecular formula is C58H34N4OS. The van der Waals surface area contributed by atoms with Crippen molar-refractivity contribution < 1.29 is 4.42 Å². The van der Waals surface area contributed by atoms with Crippen LogP contribution >= 0.6 is 11.3 Å². The number of fused-ring (bicyclic) bond motifs is 12. The highest BCUT2D eigenvalue weighted by atomic mass is 32.1. The molecule has 0 radical (unpaired) electrons. The highest BCUT2D eigenvalue weighted by Gasteiger charge is 2.21. The maximum Gasteiger partial charge on any atom is 0.197 e. The third-order valence-electron chi connectivity index (χ3n) is 13.0. The SMILES string of the molecule is c1ccc(-n2c3ccccc3c3cc(-c4ccc5c6ccccc6n(-c6ncnc7c6oc6ccc(-c8cccc(-c9cccc%10c9sc9ccccc9%10)c8)cc67)c5c4)ccc32)cc1. The molecule has 14 aromatic rings. The van der Waals surface area contributed by atoms with Crippen LogP contribution in [0.1, 0.15) is 0 Å². The van der Waals surface area contributed by atoms with Gasteiger partial charge in [-0.1, -0.05) is 133 Å². The first-order valence-corrected chi connectivity index (χ1v) is 22.4. The molecule has 0 unspecified atom stereocenters. The van der Waals surface area contributed by atoms with Crippen LogP contribution in [0, 0.1) is 0 Å². The predicted octanol–water partition coefficient (Wildman–Crippen LogP) is 15.9. The van der Waals surface area contributed by atoms with Crippen molar-refractivity contribution in [1.82, 2.24) is 19.1 Å². The number of hydrogen-bond acceptors (Lipinski definition) is 4. The fraction of sp³-hybridized carbons (Fsp3) is 0. The molecule has 0 N–H and O–H groups in total. The molecule has 5 nitrogen and oxygen atoms in total. The summed E-state index contributed by atoms with van der Waals surface area (Å²) in [6.45, 7) is 0. The molecule has 0 amide bonds. The summed E-state index contributed by atoms with van der Waals surface area (Å²) < 4.78 is 14.0. The minimum absolute atomic E-state index is 0.656. The van der Waals surface area contributed by atoms with Crippen molar-refractivity contribution in [2.24, 2.45) is 0 Å². The van der Waals surface area contributed by atoms with E-state index in [-0.39, 0.29) is 0 Å². The van der Waals surface area contributed by atoms with Crippen molar-refractivity contribution in [3.05, 3.63) is 207 Å². The van der Waals surface area contributed by atoms with Gasteiger partial charge in [-0.15, -0.1) is 11.3 Å². The zero-order valence-electron chi connectivity index (χ0n) is 34.2. The first-order chi connectivity index (χ1) is 31.7. The summed E-state index contributed by atoms with van der Waals surface area (Å²) in [6, 6.07) is 72.1. The molecule has 5 aromatic heterocycles. The predicted molar refractivity (Wildman–Crippen MR) is 267 cm³/mol. The van der Waals surface area contributed by atoms with Crippen molar-refractivity contribution in [1.29, 1.82) is 0 Å². The Hall–Kier alpha value is -8.32. The Bertz CT molecular complexity index is 4210. The minimum atomic E-state index is 0.656. The van der Waals surface area contributed by atoms with Crippen molar-refractivity contribution in [3.63, 3.8) is 0 Å². The van der Waals surface area contributed by atoms with Crippen LogP contribution < -0.4 is 0 Å². The molecule has 14 rings (SSSR count). The number of hydrogen-bond donors (Lipinski definition) is 0. The van der Waals surface area contributed by atoms with Gasteiger partial charge in [0.05, 0.1) is 22.1 Å². The van der Waals surface area contributed by atoms with Gasteiger partial charge in [-0.2, -0.15) is 0 Å². The summed E-state index contributed by atoms with van der Waals surface area (Å²) in [5.41, 5.74) is 14.8. The third-order valence-corrected chi connectivity index (χ3v) is 14.3. The maximum atomic E-state index is 6.76. The molecule has 0 saturated carbocycles. The van der Waals surface area contributed by atoms with E-state index in [2.05, 4.69) is 209 Å². The van der Waals surface area contributed by atoms with Crippen LogP contribution in [0.4, 0.5) is 0 Å².